The SMILES string of the molecule is CC(C)(CC(=O)O)NC(=O)c1cccc2c1OCCN2. The number of fused-ring (bicyclic) bond motifs is 1. The third-order valence-electron chi connectivity index (χ3n) is 2.97. The lowest BCUT2D eigenvalue weighted by molar-refractivity contribution is -0.138. The molecular weight excluding hydrogens is 260 g/mol. The zero-order valence-corrected chi connectivity index (χ0v) is 11.5. The summed E-state index contributed by atoms with van der Waals surface area (Å²) >= 11 is 0. The fourth-order valence-corrected chi connectivity index (χ4v) is 2.15. The van der Waals surface area contributed by atoms with Gasteiger partial charge in [-0.25, -0.2) is 0 Å². The van der Waals surface area contributed by atoms with E-state index in [2.05, 4.69) is 10.6 Å². The van der Waals surface area contributed by atoms with Gasteiger partial charge in [-0.05, 0) is 26.0 Å². The molecule has 1 aliphatic heterocycles. The van der Waals surface area contributed by atoms with Crippen molar-refractivity contribution in [3.63, 3.8) is 0 Å². The van der Waals surface area contributed by atoms with E-state index in [1.807, 2.05) is 6.07 Å². The van der Waals surface area contributed by atoms with Crippen LogP contribution in [0.2, 0.25) is 0 Å². The molecule has 1 heterocycles. The second-order valence-electron chi connectivity index (χ2n) is 5.37. The first-order valence-electron chi connectivity index (χ1n) is 6.43. The van der Waals surface area contributed by atoms with Gasteiger partial charge in [0.15, 0.2) is 5.75 Å². The van der Waals surface area contributed by atoms with Crippen molar-refractivity contribution in [2.75, 3.05) is 18.5 Å². The van der Waals surface area contributed by atoms with Crippen molar-refractivity contribution in [1.29, 1.82) is 0 Å². The highest BCUT2D eigenvalue weighted by Gasteiger charge is 2.27. The summed E-state index contributed by atoms with van der Waals surface area (Å²) in [6.45, 7) is 4.54. The second kappa shape index (κ2) is 5.40. The van der Waals surface area contributed by atoms with E-state index in [1.165, 1.54) is 0 Å². The Morgan fingerprint density at radius 1 is 1.45 bits per heavy atom. The van der Waals surface area contributed by atoms with Crippen LogP contribution in [0.5, 0.6) is 5.75 Å². The molecule has 0 atom stereocenters. The minimum Gasteiger partial charge on any atom is -0.489 e. The monoisotopic (exact) mass is 278 g/mol. The summed E-state index contributed by atoms with van der Waals surface area (Å²) in [5, 5.41) is 14.7. The van der Waals surface area contributed by atoms with E-state index in [0.29, 0.717) is 24.5 Å². The van der Waals surface area contributed by atoms with Gasteiger partial charge in [0.25, 0.3) is 5.91 Å². The normalized spacial score (nSPS) is 13.7. The van der Waals surface area contributed by atoms with E-state index in [-0.39, 0.29) is 12.3 Å². The average Bonchev–Trinajstić information content (AvgIpc) is 2.35. The Balaban J connectivity index is 2.20. The molecule has 0 radical (unpaired) electrons. The number of hydrogen-bond donors (Lipinski definition) is 3. The summed E-state index contributed by atoms with van der Waals surface area (Å²) in [5.41, 5.74) is 0.362. The Kier molecular flexibility index (Phi) is 3.83. The molecule has 0 saturated heterocycles. The predicted molar refractivity (Wildman–Crippen MR) is 74.2 cm³/mol. The van der Waals surface area contributed by atoms with Crippen LogP contribution in [0.4, 0.5) is 5.69 Å². The van der Waals surface area contributed by atoms with Gasteiger partial charge >= 0.3 is 5.97 Å². The van der Waals surface area contributed by atoms with Crippen molar-refractivity contribution >= 4 is 17.6 Å². The number of carboxylic acid groups (broad SMARTS) is 1. The number of hydrogen-bond acceptors (Lipinski definition) is 4. The Morgan fingerprint density at radius 3 is 2.90 bits per heavy atom. The standard InChI is InChI=1S/C14H18N2O4/c1-14(2,8-11(17)18)16-13(19)9-4-3-5-10-12(9)20-7-6-15-10/h3-5,15H,6-8H2,1-2H3,(H,16,19)(H,17,18). The molecule has 0 fully saturated rings. The van der Waals surface area contributed by atoms with Crippen LogP contribution in [-0.2, 0) is 4.79 Å². The van der Waals surface area contributed by atoms with Crippen LogP contribution < -0.4 is 15.4 Å². The van der Waals surface area contributed by atoms with E-state index in [0.717, 1.165) is 5.69 Å². The summed E-state index contributed by atoms with van der Waals surface area (Å²) in [6.07, 6.45) is -0.146. The summed E-state index contributed by atoms with van der Waals surface area (Å²) in [5.74, 6) is -0.775. The molecule has 108 valence electrons. The van der Waals surface area contributed by atoms with Crippen molar-refractivity contribution in [3.05, 3.63) is 23.8 Å². The maximum Gasteiger partial charge on any atom is 0.305 e. The molecule has 1 aromatic carbocycles. The Labute approximate surface area is 117 Å². The van der Waals surface area contributed by atoms with Gasteiger partial charge in [0.2, 0.25) is 0 Å². The molecule has 1 aromatic rings. The number of carbonyl (C=O) groups is 2. The number of para-hydroxylation sites is 1. The van der Waals surface area contributed by atoms with Crippen molar-refractivity contribution in [1.82, 2.24) is 5.32 Å². The average molecular weight is 278 g/mol. The molecule has 6 heteroatoms. The van der Waals surface area contributed by atoms with Crippen molar-refractivity contribution in [2.45, 2.75) is 25.8 Å². The molecule has 0 aromatic heterocycles. The van der Waals surface area contributed by atoms with E-state index < -0.39 is 11.5 Å². The first-order valence-corrected chi connectivity index (χ1v) is 6.43. The van der Waals surface area contributed by atoms with Crippen LogP contribution in [0, 0.1) is 0 Å². The third-order valence-corrected chi connectivity index (χ3v) is 2.97. The molecule has 20 heavy (non-hydrogen) atoms. The lowest BCUT2D eigenvalue weighted by Gasteiger charge is -2.26. The van der Waals surface area contributed by atoms with Gasteiger partial charge in [-0.1, -0.05) is 6.07 Å². The molecule has 3 N–H and O–H groups in total. The second-order valence-corrected chi connectivity index (χ2v) is 5.37. The number of anilines is 1. The van der Waals surface area contributed by atoms with Crippen molar-refractivity contribution in [3.8, 4) is 5.75 Å². The number of carboxylic acids is 1. The number of aliphatic carboxylic acids is 1. The van der Waals surface area contributed by atoms with Gasteiger partial charge in [-0.15, -0.1) is 0 Å². The highest BCUT2D eigenvalue weighted by molar-refractivity contribution is 5.99. The van der Waals surface area contributed by atoms with E-state index in [1.54, 1.807) is 26.0 Å². The molecule has 0 bridgehead atoms. The smallest absolute Gasteiger partial charge is 0.305 e. The molecule has 6 nitrogen and oxygen atoms in total. The number of ether oxygens (including phenoxy) is 1. The number of amides is 1. The topological polar surface area (TPSA) is 87.7 Å². The molecule has 0 unspecified atom stereocenters. The largest absolute Gasteiger partial charge is 0.489 e. The third kappa shape index (κ3) is 3.20. The van der Waals surface area contributed by atoms with E-state index >= 15 is 0 Å². The van der Waals surface area contributed by atoms with E-state index in [9.17, 15) is 9.59 Å². The maximum atomic E-state index is 12.3. The van der Waals surface area contributed by atoms with E-state index in [4.69, 9.17) is 9.84 Å². The number of rotatable bonds is 4. The van der Waals surface area contributed by atoms with Gasteiger partial charge in [-0.3, -0.25) is 9.59 Å². The van der Waals surface area contributed by atoms with Crippen LogP contribution >= 0.6 is 0 Å². The molecule has 1 amide bonds. The van der Waals surface area contributed by atoms with Gasteiger partial charge in [-0.2, -0.15) is 0 Å². The highest BCUT2D eigenvalue weighted by Crippen LogP contribution is 2.31. The zero-order valence-electron chi connectivity index (χ0n) is 11.5. The lowest BCUT2D eigenvalue weighted by Crippen LogP contribution is -2.45. The summed E-state index contributed by atoms with van der Waals surface area (Å²) in [6, 6.07) is 5.27. The van der Waals surface area contributed by atoms with Gasteiger partial charge in [0.05, 0.1) is 17.7 Å². The number of carbonyl (C=O) groups excluding carboxylic acids is 1. The van der Waals surface area contributed by atoms with Crippen molar-refractivity contribution in [2.24, 2.45) is 0 Å². The molecule has 0 aliphatic carbocycles. The molecule has 1 aliphatic rings. The van der Waals surface area contributed by atoms with Crippen LogP contribution in [-0.4, -0.2) is 35.7 Å². The Bertz CT molecular complexity index is 540. The molecule has 0 spiro atoms. The molecule has 2 rings (SSSR count). The summed E-state index contributed by atoms with van der Waals surface area (Å²) in [7, 11) is 0. The Morgan fingerprint density at radius 2 is 2.20 bits per heavy atom. The first kappa shape index (κ1) is 14.2. The van der Waals surface area contributed by atoms with Crippen molar-refractivity contribution < 1.29 is 19.4 Å². The predicted octanol–water partition coefficient (Wildman–Crippen LogP) is 1.47. The fourth-order valence-electron chi connectivity index (χ4n) is 2.15. The number of benzene rings is 1. The minimum atomic E-state index is -0.955. The van der Waals surface area contributed by atoms with Crippen LogP contribution in [0.3, 0.4) is 0 Å². The van der Waals surface area contributed by atoms with Gasteiger partial charge in [0.1, 0.15) is 6.61 Å². The van der Waals surface area contributed by atoms with Gasteiger partial charge < -0.3 is 20.5 Å². The highest BCUT2D eigenvalue weighted by atomic mass is 16.5. The molecule has 0 saturated carbocycles. The fraction of sp³-hybridized carbons (Fsp3) is 0.429. The quantitative estimate of drug-likeness (QED) is 0.776. The minimum absolute atomic E-state index is 0.146. The Hall–Kier alpha value is -2.24. The first-order chi connectivity index (χ1) is 9.39. The lowest BCUT2D eigenvalue weighted by atomic mass is 9.99. The summed E-state index contributed by atoms with van der Waals surface area (Å²) < 4.78 is 5.53. The number of nitrogens with one attached hydrogen (secondary N) is 2. The summed E-state index contributed by atoms with van der Waals surface area (Å²) in [4.78, 5) is 23.1. The zero-order chi connectivity index (χ0) is 14.8. The molecular formula is C14H18N2O4. The van der Waals surface area contributed by atoms with Crippen LogP contribution in [0.15, 0.2) is 18.2 Å². The van der Waals surface area contributed by atoms with Gasteiger partial charge in [0, 0.05) is 12.1 Å². The van der Waals surface area contributed by atoms with Crippen LogP contribution in [0.25, 0.3) is 0 Å². The maximum absolute atomic E-state index is 12.3. The van der Waals surface area contributed by atoms with Crippen LogP contribution in [0.1, 0.15) is 30.6 Å².